The van der Waals surface area contributed by atoms with Gasteiger partial charge in [-0.1, -0.05) is 50.2 Å². The van der Waals surface area contributed by atoms with Crippen molar-refractivity contribution in [2.24, 2.45) is 0 Å². The Morgan fingerprint density at radius 3 is 2.48 bits per heavy atom. The number of nitrogens with one attached hydrogen (secondary N) is 1. The SMILES string of the molecule is CC(C)c1c(C(=O)NCc2ccc(F)c(F)c2)nc(CCC=O)n1Cc1ccccc1. The molecule has 0 fully saturated rings. The average Bonchev–Trinajstić information content (AvgIpc) is 3.12. The van der Waals surface area contributed by atoms with Gasteiger partial charge in [0.2, 0.25) is 0 Å². The van der Waals surface area contributed by atoms with E-state index in [1.54, 1.807) is 0 Å². The summed E-state index contributed by atoms with van der Waals surface area (Å²) in [6, 6.07) is 13.3. The second-order valence-electron chi connectivity index (χ2n) is 7.62. The molecule has 1 heterocycles. The van der Waals surface area contributed by atoms with Gasteiger partial charge in [-0.25, -0.2) is 13.8 Å². The molecular weight excluding hydrogens is 400 g/mol. The van der Waals surface area contributed by atoms with Gasteiger partial charge < -0.3 is 14.7 Å². The molecule has 2 aromatic carbocycles. The number of hydrogen-bond donors (Lipinski definition) is 1. The van der Waals surface area contributed by atoms with Crippen LogP contribution in [0, 0.1) is 11.6 Å². The molecule has 0 unspecified atom stereocenters. The van der Waals surface area contributed by atoms with Gasteiger partial charge >= 0.3 is 0 Å². The molecule has 162 valence electrons. The molecule has 0 aliphatic carbocycles. The summed E-state index contributed by atoms with van der Waals surface area (Å²) < 4.78 is 28.6. The van der Waals surface area contributed by atoms with Crippen LogP contribution in [0.1, 0.15) is 59.3 Å². The molecule has 0 bridgehead atoms. The number of carbonyl (C=O) groups excluding carboxylic acids is 2. The summed E-state index contributed by atoms with van der Waals surface area (Å²) in [4.78, 5) is 28.5. The molecular formula is C24H25F2N3O2. The number of halogens is 2. The van der Waals surface area contributed by atoms with E-state index in [0.717, 1.165) is 29.7 Å². The Kier molecular flexibility index (Phi) is 7.28. The molecule has 1 amide bonds. The summed E-state index contributed by atoms with van der Waals surface area (Å²) in [5.74, 6) is -1.62. The molecule has 0 saturated heterocycles. The van der Waals surface area contributed by atoms with Crippen LogP contribution in [0.2, 0.25) is 0 Å². The lowest BCUT2D eigenvalue weighted by molar-refractivity contribution is -0.107. The van der Waals surface area contributed by atoms with Gasteiger partial charge in [0.25, 0.3) is 5.91 Å². The van der Waals surface area contributed by atoms with E-state index in [0.29, 0.717) is 30.8 Å². The van der Waals surface area contributed by atoms with Crippen molar-refractivity contribution in [2.75, 3.05) is 0 Å². The third-order valence-electron chi connectivity index (χ3n) is 4.95. The van der Waals surface area contributed by atoms with Crippen molar-refractivity contribution in [3.63, 3.8) is 0 Å². The van der Waals surface area contributed by atoms with E-state index in [9.17, 15) is 18.4 Å². The molecule has 5 nitrogen and oxygen atoms in total. The Morgan fingerprint density at radius 2 is 1.84 bits per heavy atom. The van der Waals surface area contributed by atoms with Crippen molar-refractivity contribution >= 4 is 12.2 Å². The lowest BCUT2D eigenvalue weighted by Crippen LogP contribution is -2.25. The van der Waals surface area contributed by atoms with Gasteiger partial charge in [-0.3, -0.25) is 4.79 Å². The Labute approximate surface area is 180 Å². The fourth-order valence-electron chi connectivity index (χ4n) is 3.50. The average molecular weight is 425 g/mol. The highest BCUT2D eigenvalue weighted by Gasteiger charge is 2.24. The number of amides is 1. The molecule has 7 heteroatoms. The van der Waals surface area contributed by atoms with Crippen LogP contribution in [0.4, 0.5) is 8.78 Å². The first-order valence-corrected chi connectivity index (χ1v) is 10.2. The number of imidazole rings is 1. The number of aldehydes is 1. The first-order chi connectivity index (χ1) is 14.9. The second kappa shape index (κ2) is 10.1. The molecule has 1 aromatic heterocycles. The van der Waals surface area contributed by atoms with Crippen molar-refractivity contribution in [3.8, 4) is 0 Å². The highest BCUT2D eigenvalue weighted by atomic mass is 19.2. The molecule has 0 saturated carbocycles. The monoisotopic (exact) mass is 425 g/mol. The van der Waals surface area contributed by atoms with E-state index in [1.807, 2.05) is 48.7 Å². The second-order valence-corrected chi connectivity index (χ2v) is 7.62. The van der Waals surface area contributed by atoms with E-state index in [-0.39, 0.29) is 18.2 Å². The van der Waals surface area contributed by atoms with Gasteiger partial charge in [-0.2, -0.15) is 0 Å². The summed E-state index contributed by atoms with van der Waals surface area (Å²) in [6.45, 7) is 4.54. The summed E-state index contributed by atoms with van der Waals surface area (Å²) in [5.41, 5.74) is 2.56. The van der Waals surface area contributed by atoms with E-state index in [2.05, 4.69) is 10.3 Å². The molecule has 0 aliphatic rings. The number of aryl methyl sites for hydroxylation is 1. The number of carbonyl (C=O) groups is 2. The van der Waals surface area contributed by atoms with Gasteiger partial charge in [0.05, 0.1) is 5.69 Å². The zero-order valence-electron chi connectivity index (χ0n) is 17.6. The third kappa shape index (κ3) is 5.42. The summed E-state index contributed by atoms with van der Waals surface area (Å²) in [6.07, 6.45) is 1.56. The fourth-order valence-corrected chi connectivity index (χ4v) is 3.50. The quantitative estimate of drug-likeness (QED) is 0.517. The van der Waals surface area contributed by atoms with Crippen molar-refractivity contribution in [1.29, 1.82) is 0 Å². The molecule has 3 aromatic rings. The predicted octanol–water partition coefficient (Wildman–Crippen LogP) is 4.39. The highest BCUT2D eigenvalue weighted by molar-refractivity contribution is 5.93. The minimum atomic E-state index is -0.960. The smallest absolute Gasteiger partial charge is 0.272 e. The highest BCUT2D eigenvalue weighted by Crippen LogP contribution is 2.24. The zero-order chi connectivity index (χ0) is 22.4. The summed E-state index contributed by atoms with van der Waals surface area (Å²) in [7, 11) is 0. The van der Waals surface area contributed by atoms with Crippen LogP contribution in [0.15, 0.2) is 48.5 Å². The third-order valence-corrected chi connectivity index (χ3v) is 4.95. The van der Waals surface area contributed by atoms with Gasteiger partial charge in [-0.05, 0) is 29.2 Å². The molecule has 0 radical (unpaired) electrons. The fraction of sp³-hybridized carbons (Fsp3) is 0.292. The first-order valence-electron chi connectivity index (χ1n) is 10.2. The Bertz CT molecular complexity index is 1060. The normalized spacial score (nSPS) is 11.0. The lowest BCUT2D eigenvalue weighted by Gasteiger charge is -2.15. The topological polar surface area (TPSA) is 64.0 Å². The molecule has 0 atom stereocenters. The van der Waals surface area contributed by atoms with Crippen LogP contribution in [0.5, 0.6) is 0 Å². The number of hydrogen-bond acceptors (Lipinski definition) is 3. The van der Waals surface area contributed by atoms with Gasteiger partial charge in [-0.15, -0.1) is 0 Å². The van der Waals surface area contributed by atoms with Gasteiger partial charge in [0.1, 0.15) is 17.8 Å². The first kappa shape index (κ1) is 22.3. The molecule has 0 spiro atoms. The maximum absolute atomic E-state index is 13.4. The lowest BCUT2D eigenvalue weighted by atomic mass is 10.1. The van der Waals surface area contributed by atoms with Gasteiger partial charge in [0, 0.05) is 25.9 Å². The predicted molar refractivity (Wildman–Crippen MR) is 114 cm³/mol. The minimum Gasteiger partial charge on any atom is -0.347 e. The maximum atomic E-state index is 13.4. The molecule has 31 heavy (non-hydrogen) atoms. The van der Waals surface area contributed by atoms with E-state index in [1.165, 1.54) is 6.07 Å². The standard InChI is InChI=1S/C24H25F2N3O2/c1-16(2)23-22(24(31)27-14-18-10-11-19(25)20(26)13-18)28-21(9-6-12-30)29(23)15-17-7-4-3-5-8-17/h3-5,7-8,10-13,16H,6,9,14-15H2,1-2H3,(H,27,31). The van der Waals surface area contributed by atoms with Crippen LogP contribution in [-0.2, 0) is 24.3 Å². The number of benzene rings is 2. The number of aromatic nitrogens is 2. The largest absolute Gasteiger partial charge is 0.347 e. The van der Waals surface area contributed by atoms with Crippen LogP contribution in [0.25, 0.3) is 0 Å². The minimum absolute atomic E-state index is 0.00482. The van der Waals surface area contributed by atoms with Crippen molar-refractivity contribution < 1.29 is 18.4 Å². The van der Waals surface area contributed by atoms with Crippen LogP contribution < -0.4 is 5.32 Å². The Hall–Kier alpha value is -3.35. The van der Waals surface area contributed by atoms with Crippen LogP contribution in [0.3, 0.4) is 0 Å². The zero-order valence-corrected chi connectivity index (χ0v) is 17.6. The maximum Gasteiger partial charge on any atom is 0.272 e. The Morgan fingerprint density at radius 1 is 1.10 bits per heavy atom. The van der Waals surface area contributed by atoms with E-state index in [4.69, 9.17) is 0 Å². The van der Waals surface area contributed by atoms with Crippen LogP contribution in [-0.4, -0.2) is 21.7 Å². The number of nitrogens with zero attached hydrogens (tertiary/aromatic N) is 2. The molecule has 1 N–H and O–H groups in total. The summed E-state index contributed by atoms with van der Waals surface area (Å²) in [5, 5.41) is 2.74. The van der Waals surface area contributed by atoms with Crippen molar-refractivity contribution in [3.05, 3.63) is 88.5 Å². The van der Waals surface area contributed by atoms with E-state index >= 15 is 0 Å². The Balaban J connectivity index is 1.91. The van der Waals surface area contributed by atoms with E-state index < -0.39 is 17.5 Å². The van der Waals surface area contributed by atoms with Crippen LogP contribution >= 0.6 is 0 Å². The molecule has 0 aliphatic heterocycles. The van der Waals surface area contributed by atoms with Crippen molar-refractivity contribution in [2.45, 2.75) is 45.7 Å². The molecule has 3 rings (SSSR count). The summed E-state index contributed by atoms with van der Waals surface area (Å²) >= 11 is 0. The van der Waals surface area contributed by atoms with Gasteiger partial charge in [0.15, 0.2) is 11.6 Å². The van der Waals surface area contributed by atoms with Crippen molar-refractivity contribution in [1.82, 2.24) is 14.9 Å². The number of rotatable bonds is 9.